The second-order valence-electron chi connectivity index (χ2n) is 10.4. The second-order valence-corrected chi connectivity index (χ2v) is 12.1. The first-order valence-electron chi connectivity index (χ1n) is 13.9. The van der Waals surface area contributed by atoms with Crippen molar-refractivity contribution in [2.75, 3.05) is 21.6 Å². The van der Waals surface area contributed by atoms with Crippen molar-refractivity contribution in [2.45, 2.75) is 24.5 Å². The molecule has 1 N–H and O–H groups in total. The van der Waals surface area contributed by atoms with Crippen molar-refractivity contribution in [1.29, 1.82) is 0 Å². The molecule has 0 saturated heterocycles. The minimum Gasteiger partial charge on any atom is -0.497 e. The van der Waals surface area contributed by atoms with Gasteiger partial charge in [-0.2, -0.15) is 0 Å². The van der Waals surface area contributed by atoms with Crippen LogP contribution >= 0.6 is 0 Å². The third kappa shape index (κ3) is 5.69. The number of ether oxygens (including phenoxy) is 1. The summed E-state index contributed by atoms with van der Waals surface area (Å²) < 4.78 is 34.8. The summed E-state index contributed by atoms with van der Waals surface area (Å²) in [5.41, 5.74) is 5.15. The zero-order chi connectivity index (χ0) is 30.0. The molecule has 1 heterocycles. The van der Waals surface area contributed by atoms with E-state index in [4.69, 9.17) is 4.74 Å². The SMILES string of the molecule is COc1ccc(NS(=O)(=O)c2ccc3c(c2)C(=O)N(c2ccc(C)cc2)[C@@H](c2ccccc2)N3Cc2ccccc2)cc1. The number of anilines is 3. The maximum Gasteiger partial charge on any atom is 0.262 e. The first-order valence-corrected chi connectivity index (χ1v) is 15.4. The molecule has 1 aliphatic heterocycles. The summed E-state index contributed by atoms with van der Waals surface area (Å²) in [6, 6.07) is 39.1. The van der Waals surface area contributed by atoms with Crippen LogP contribution in [0.15, 0.2) is 132 Å². The molecule has 7 nitrogen and oxygen atoms in total. The van der Waals surface area contributed by atoms with Gasteiger partial charge >= 0.3 is 0 Å². The maximum atomic E-state index is 14.5. The van der Waals surface area contributed by atoms with Gasteiger partial charge in [-0.1, -0.05) is 78.4 Å². The Morgan fingerprint density at radius 2 is 1.44 bits per heavy atom. The normalized spacial score (nSPS) is 14.7. The molecule has 1 aliphatic rings. The topological polar surface area (TPSA) is 78.9 Å². The summed E-state index contributed by atoms with van der Waals surface area (Å²) in [5, 5.41) is 0. The van der Waals surface area contributed by atoms with E-state index in [1.807, 2.05) is 91.9 Å². The number of sulfonamides is 1. The van der Waals surface area contributed by atoms with Gasteiger partial charge in [0.2, 0.25) is 0 Å². The van der Waals surface area contributed by atoms with E-state index in [0.717, 1.165) is 22.4 Å². The number of rotatable bonds is 8. The van der Waals surface area contributed by atoms with Gasteiger partial charge in [-0.05, 0) is 72.6 Å². The van der Waals surface area contributed by atoms with Crippen LogP contribution in [0.3, 0.4) is 0 Å². The van der Waals surface area contributed by atoms with E-state index in [1.165, 1.54) is 6.07 Å². The highest BCUT2D eigenvalue weighted by Gasteiger charge is 2.40. The predicted molar refractivity (Wildman–Crippen MR) is 170 cm³/mol. The number of hydrogen-bond donors (Lipinski definition) is 1. The van der Waals surface area contributed by atoms with Crippen molar-refractivity contribution in [3.63, 3.8) is 0 Å². The molecule has 0 spiro atoms. The van der Waals surface area contributed by atoms with E-state index in [2.05, 4.69) is 9.62 Å². The maximum absolute atomic E-state index is 14.5. The van der Waals surface area contributed by atoms with Crippen molar-refractivity contribution in [1.82, 2.24) is 0 Å². The molecule has 0 bridgehead atoms. The van der Waals surface area contributed by atoms with Gasteiger partial charge in [-0.3, -0.25) is 14.4 Å². The van der Waals surface area contributed by atoms with Crippen LogP contribution in [-0.4, -0.2) is 21.4 Å². The van der Waals surface area contributed by atoms with Gasteiger partial charge in [0.15, 0.2) is 0 Å². The zero-order valence-electron chi connectivity index (χ0n) is 23.8. The Morgan fingerprint density at radius 1 is 0.791 bits per heavy atom. The van der Waals surface area contributed by atoms with Crippen molar-refractivity contribution >= 4 is 33.0 Å². The largest absolute Gasteiger partial charge is 0.497 e. The van der Waals surface area contributed by atoms with Crippen molar-refractivity contribution < 1.29 is 17.9 Å². The highest BCUT2D eigenvalue weighted by Crippen LogP contribution is 2.43. The average molecular weight is 590 g/mol. The Balaban J connectivity index is 1.49. The number of hydrogen-bond acceptors (Lipinski definition) is 5. The lowest BCUT2D eigenvalue weighted by Crippen LogP contribution is -2.49. The van der Waals surface area contributed by atoms with E-state index in [0.29, 0.717) is 29.2 Å². The fourth-order valence-electron chi connectivity index (χ4n) is 5.36. The lowest BCUT2D eigenvalue weighted by molar-refractivity contribution is 0.0968. The van der Waals surface area contributed by atoms with Crippen molar-refractivity contribution in [3.05, 3.63) is 150 Å². The smallest absolute Gasteiger partial charge is 0.262 e. The van der Waals surface area contributed by atoms with E-state index in [1.54, 1.807) is 48.4 Å². The molecule has 0 aliphatic carbocycles. The second kappa shape index (κ2) is 11.7. The molecular formula is C35H31N3O4S. The molecule has 1 atom stereocenters. The molecule has 5 aromatic carbocycles. The number of carbonyl (C=O) groups is 1. The first kappa shape index (κ1) is 28.1. The number of carbonyl (C=O) groups excluding carboxylic acids is 1. The van der Waals surface area contributed by atoms with Crippen LogP contribution in [0.2, 0.25) is 0 Å². The van der Waals surface area contributed by atoms with E-state index < -0.39 is 16.2 Å². The molecule has 1 amide bonds. The van der Waals surface area contributed by atoms with E-state index in [-0.39, 0.29) is 10.8 Å². The Bertz CT molecular complexity index is 1840. The minimum absolute atomic E-state index is 0.00269. The predicted octanol–water partition coefficient (Wildman–Crippen LogP) is 7.17. The molecule has 8 heteroatoms. The molecule has 5 aromatic rings. The number of nitrogens with one attached hydrogen (secondary N) is 1. The van der Waals surface area contributed by atoms with Crippen LogP contribution in [0.1, 0.15) is 33.2 Å². The number of methoxy groups -OCH3 is 1. The average Bonchev–Trinajstić information content (AvgIpc) is 3.03. The van der Waals surface area contributed by atoms with Crippen LogP contribution in [0.4, 0.5) is 17.1 Å². The third-order valence-corrected chi connectivity index (χ3v) is 8.90. The van der Waals surface area contributed by atoms with Crippen LogP contribution in [-0.2, 0) is 16.6 Å². The highest BCUT2D eigenvalue weighted by atomic mass is 32.2. The van der Waals surface area contributed by atoms with Gasteiger partial charge < -0.3 is 9.64 Å². The monoisotopic (exact) mass is 589 g/mol. The quantitative estimate of drug-likeness (QED) is 0.208. The summed E-state index contributed by atoms with van der Waals surface area (Å²) in [4.78, 5) is 18.4. The molecule has 0 aromatic heterocycles. The van der Waals surface area contributed by atoms with Crippen LogP contribution < -0.4 is 19.3 Å². The summed E-state index contributed by atoms with van der Waals surface area (Å²) in [7, 11) is -2.45. The van der Waals surface area contributed by atoms with Gasteiger partial charge in [-0.15, -0.1) is 0 Å². The summed E-state index contributed by atoms with van der Waals surface area (Å²) in [6.07, 6.45) is -0.469. The minimum atomic E-state index is -4.00. The Hall–Kier alpha value is -5.08. The highest BCUT2D eigenvalue weighted by molar-refractivity contribution is 7.92. The van der Waals surface area contributed by atoms with Gasteiger partial charge in [0.05, 0.1) is 23.3 Å². The molecule has 6 rings (SSSR count). The first-order chi connectivity index (χ1) is 20.8. The Kier molecular flexibility index (Phi) is 7.61. The molecule has 0 saturated carbocycles. The molecule has 0 radical (unpaired) electrons. The third-order valence-electron chi connectivity index (χ3n) is 7.52. The summed E-state index contributed by atoms with van der Waals surface area (Å²) >= 11 is 0. The summed E-state index contributed by atoms with van der Waals surface area (Å²) in [6.45, 7) is 2.50. The molecule has 216 valence electrons. The number of aryl methyl sites for hydroxylation is 1. The zero-order valence-corrected chi connectivity index (χ0v) is 24.7. The van der Waals surface area contributed by atoms with Crippen molar-refractivity contribution in [2.24, 2.45) is 0 Å². The Labute approximate surface area is 252 Å². The lowest BCUT2D eigenvalue weighted by Gasteiger charge is -2.46. The van der Waals surface area contributed by atoms with Gasteiger partial charge in [0.25, 0.3) is 15.9 Å². The number of amides is 1. The van der Waals surface area contributed by atoms with Crippen LogP contribution in [0.25, 0.3) is 0 Å². The van der Waals surface area contributed by atoms with E-state index in [9.17, 15) is 13.2 Å². The lowest BCUT2D eigenvalue weighted by atomic mass is 9.99. The van der Waals surface area contributed by atoms with Gasteiger partial charge in [-0.25, -0.2) is 8.42 Å². The van der Waals surface area contributed by atoms with E-state index >= 15 is 0 Å². The molecule has 43 heavy (non-hydrogen) atoms. The number of nitrogens with zero attached hydrogens (tertiary/aromatic N) is 2. The summed E-state index contributed by atoms with van der Waals surface area (Å²) in [5.74, 6) is 0.337. The fraction of sp³-hybridized carbons (Fsp3) is 0.114. The molecular weight excluding hydrogens is 558 g/mol. The molecule has 0 unspecified atom stereocenters. The standard InChI is InChI=1S/C35H31N3O4S/c1-25-13-17-29(18-14-25)38-34(27-11-7-4-8-12-27)37(24-26-9-5-3-6-10-26)33-22-21-31(23-32(33)35(38)39)43(40,41)36-28-15-19-30(42-2)20-16-28/h3-23,34,36H,24H2,1-2H3/t34-/m0/s1. The van der Waals surface area contributed by atoms with Crippen molar-refractivity contribution in [3.8, 4) is 5.75 Å². The molecule has 0 fully saturated rings. The number of benzene rings is 5. The van der Waals surface area contributed by atoms with Gasteiger partial charge in [0, 0.05) is 17.9 Å². The number of fused-ring (bicyclic) bond motifs is 1. The van der Waals surface area contributed by atoms with Crippen LogP contribution in [0.5, 0.6) is 5.75 Å². The fourth-order valence-corrected chi connectivity index (χ4v) is 6.44. The van der Waals surface area contributed by atoms with Crippen LogP contribution in [0, 0.1) is 6.92 Å². The Morgan fingerprint density at radius 3 is 2.09 bits per heavy atom. The van der Waals surface area contributed by atoms with Gasteiger partial charge in [0.1, 0.15) is 11.9 Å².